The van der Waals surface area contributed by atoms with Gasteiger partial charge >= 0.3 is 6.18 Å². The maximum atomic E-state index is 12.9. The third kappa shape index (κ3) is 2.64. The predicted octanol–water partition coefficient (Wildman–Crippen LogP) is 4.71. The summed E-state index contributed by atoms with van der Waals surface area (Å²) >= 11 is 6.59. The van der Waals surface area contributed by atoms with Gasteiger partial charge in [-0.1, -0.05) is 0 Å². The number of hydrogen-bond donors (Lipinski definition) is 0. The van der Waals surface area contributed by atoms with E-state index in [1.807, 2.05) is 0 Å². The average molecular weight is 296 g/mol. The molecule has 0 atom stereocenters. The highest BCUT2D eigenvalue weighted by molar-refractivity contribution is 7.13. The third-order valence-corrected chi connectivity index (χ3v) is 3.40. The second-order valence-electron chi connectivity index (χ2n) is 3.47. The lowest BCUT2D eigenvalue weighted by atomic mass is 10.1. The molecule has 18 heavy (non-hydrogen) atoms. The smallest absolute Gasteiger partial charge is 0.240 e. The van der Waals surface area contributed by atoms with Crippen molar-refractivity contribution in [3.05, 3.63) is 40.7 Å². The summed E-state index contributed by atoms with van der Waals surface area (Å²) in [5.41, 5.74) is -0.669. The number of rotatable bonds is 2. The number of benzene rings is 1. The Bertz CT molecular complexity index is 564. The molecule has 0 unspecified atom stereocenters. The van der Waals surface area contributed by atoms with Crippen LogP contribution in [0.4, 0.5) is 17.6 Å². The fourth-order valence-corrected chi connectivity index (χ4v) is 2.52. The summed E-state index contributed by atoms with van der Waals surface area (Å²) in [5, 5.41) is 1.75. The number of nitrogens with zero attached hydrogens (tertiary/aromatic N) is 1. The lowest BCUT2D eigenvalue weighted by molar-refractivity contribution is -0.137. The zero-order chi connectivity index (χ0) is 13.3. The maximum absolute atomic E-state index is 12.9. The van der Waals surface area contributed by atoms with E-state index in [-0.39, 0.29) is 16.5 Å². The minimum absolute atomic E-state index is 0.124. The molecule has 0 bridgehead atoms. The SMILES string of the molecule is Fc1ccc(-c2nc(CCl)cs2)c(C(F)(F)F)c1. The number of halogens is 5. The van der Waals surface area contributed by atoms with E-state index in [1.54, 1.807) is 5.38 Å². The molecule has 0 saturated heterocycles. The van der Waals surface area contributed by atoms with Crippen molar-refractivity contribution in [1.82, 2.24) is 4.98 Å². The molecule has 0 aliphatic carbocycles. The molecule has 2 rings (SSSR count). The Morgan fingerprint density at radius 3 is 2.56 bits per heavy atom. The molecule has 0 aliphatic heterocycles. The van der Waals surface area contributed by atoms with Crippen molar-refractivity contribution in [3.63, 3.8) is 0 Å². The lowest BCUT2D eigenvalue weighted by Crippen LogP contribution is -2.07. The summed E-state index contributed by atoms with van der Waals surface area (Å²) in [5.74, 6) is -0.806. The van der Waals surface area contributed by atoms with Crippen molar-refractivity contribution in [2.75, 3.05) is 0 Å². The van der Waals surface area contributed by atoms with Gasteiger partial charge in [-0.15, -0.1) is 22.9 Å². The molecule has 1 heterocycles. The summed E-state index contributed by atoms with van der Waals surface area (Å²) in [6, 6.07) is 2.53. The van der Waals surface area contributed by atoms with Crippen LogP contribution in [0, 0.1) is 5.82 Å². The lowest BCUT2D eigenvalue weighted by Gasteiger charge is -2.10. The maximum Gasteiger partial charge on any atom is 0.417 e. The van der Waals surface area contributed by atoms with Crippen LogP contribution in [0.25, 0.3) is 10.6 Å². The summed E-state index contributed by atoms with van der Waals surface area (Å²) in [4.78, 5) is 3.97. The van der Waals surface area contributed by atoms with Crippen LogP contribution in [-0.4, -0.2) is 4.98 Å². The van der Waals surface area contributed by atoms with Gasteiger partial charge in [-0.05, 0) is 18.2 Å². The molecule has 7 heteroatoms. The second kappa shape index (κ2) is 4.85. The largest absolute Gasteiger partial charge is 0.417 e. The Labute approximate surface area is 109 Å². The standard InChI is InChI=1S/C11H6ClF4NS/c12-4-7-5-18-10(17-7)8-2-1-6(13)3-9(8)11(14,15)16/h1-3,5H,4H2. The molecular weight excluding hydrogens is 290 g/mol. The number of hydrogen-bond acceptors (Lipinski definition) is 2. The van der Waals surface area contributed by atoms with E-state index in [0.29, 0.717) is 11.8 Å². The van der Waals surface area contributed by atoms with Crippen LogP contribution in [0.5, 0.6) is 0 Å². The van der Waals surface area contributed by atoms with E-state index in [4.69, 9.17) is 11.6 Å². The van der Waals surface area contributed by atoms with E-state index in [0.717, 1.165) is 23.5 Å². The van der Waals surface area contributed by atoms with E-state index >= 15 is 0 Å². The normalized spacial score (nSPS) is 11.8. The van der Waals surface area contributed by atoms with Crippen molar-refractivity contribution in [2.24, 2.45) is 0 Å². The molecule has 96 valence electrons. The van der Waals surface area contributed by atoms with Crippen LogP contribution in [0.2, 0.25) is 0 Å². The van der Waals surface area contributed by atoms with Gasteiger partial charge in [-0.25, -0.2) is 9.37 Å². The van der Waals surface area contributed by atoms with E-state index in [2.05, 4.69) is 4.98 Å². The predicted molar refractivity (Wildman–Crippen MR) is 62.1 cm³/mol. The van der Waals surface area contributed by atoms with E-state index in [9.17, 15) is 17.6 Å². The fourth-order valence-electron chi connectivity index (χ4n) is 1.43. The Kier molecular flexibility index (Phi) is 3.59. The number of aromatic nitrogens is 1. The van der Waals surface area contributed by atoms with Crippen molar-refractivity contribution in [2.45, 2.75) is 12.1 Å². The zero-order valence-electron chi connectivity index (χ0n) is 8.76. The molecular formula is C11H6ClF4NS. The van der Waals surface area contributed by atoms with Crippen LogP contribution >= 0.6 is 22.9 Å². The van der Waals surface area contributed by atoms with Gasteiger partial charge in [-0.3, -0.25) is 0 Å². The van der Waals surface area contributed by atoms with Crippen LogP contribution in [0.1, 0.15) is 11.3 Å². The quantitative estimate of drug-likeness (QED) is 0.578. The monoisotopic (exact) mass is 295 g/mol. The van der Waals surface area contributed by atoms with E-state index in [1.165, 1.54) is 0 Å². The topological polar surface area (TPSA) is 12.9 Å². The van der Waals surface area contributed by atoms with Crippen molar-refractivity contribution >= 4 is 22.9 Å². The third-order valence-electron chi connectivity index (χ3n) is 2.21. The van der Waals surface area contributed by atoms with Gasteiger partial charge in [0, 0.05) is 10.9 Å². The summed E-state index contributed by atoms with van der Waals surface area (Å²) in [6.07, 6.45) is -4.62. The summed E-state index contributed by atoms with van der Waals surface area (Å²) in [7, 11) is 0. The van der Waals surface area contributed by atoms with Crippen molar-refractivity contribution in [3.8, 4) is 10.6 Å². The van der Waals surface area contributed by atoms with Crippen molar-refractivity contribution < 1.29 is 17.6 Å². The average Bonchev–Trinajstić information content (AvgIpc) is 2.76. The molecule has 0 aliphatic rings. The van der Waals surface area contributed by atoms with Gasteiger partial charge in [0.25, 0.3) is 0 Å². The Hall–Kier alpha value is -1.14. The summed E-state index contributed by atoms with van der Waals surface area (Å²) in [6.45, 7) is 0. The summed E-state index contributed by atoms with van der Waals surface area (Å²) < 4.78 is 51.3. The fraction of sp³-hybridized carbons (Fsp3) is 0.182. The van der Waals surface area contributed by atoms with Crippen LogP contribution in [-0.2, 0) is 12.1 Å². The first-order chi connectivity index (χ1) is 8.41. The molecule has 0 radical (unpaired) electrons. The second-order valence-corrected chi connectivity index (χ2v) is 4.59. The van der Waals surface area contributed by atoms with Gasteiger partial charge in [0.1, 0.15) is 10.8 Å². The van der Waals surface area contributed by atoms with Gasteiger partial charge in [0.2, 0.25) is 0 Å². The molecule has 0 N–H and O–H groups in total. The highest BCUT2D eigenvalue weighted by Crippen LogP contribution is 2.38. The van der Waals surface area contributed by atoms with Gasteiger partial charge < -0.3 is 0 Å². The van der Waals surface area contributed by atoms with E-state index < -0.39 is 17.6 Å². The Morgan fingerprint density at radius 2 is 2.00 bits per heavy atom. The number of thiazole rings is 1. The van der Waals surface area contributed by atoms with Crippen LogP contribution < -0.4 is 0 Å². The van der Waals surface area contributed by atoms with Crippen LogP contribution in [0.15, 0.2) is 23.6 Å². The minimum atomic E-state index is -4.62. The molecule has 2 aromatic rings. The first kappa shape index (κ1) is 13.3. The van der Waals surface area contributed by atoms with Gasteiger partial charge in [-0.2, -0.15) is 13.2 Å². The molecule has 0 amide bonds. The molecule has 0 spiro atoms. The Balaban J connectivity index is 2.56. The molecule has 1 aromatic carbocycles. The minimum Gasteiger partial charge on any atom is -0.240 e. The molecule has 1 nitrogen and oxygen atoms in total. The zero-order valence-corrected chi connectivity index (χ0v) is 10.3. The molecule has 1 aromatic heterocycles. The van der Waals surface area contributed by atoms with Gasteiger partial charge in [0.15, 0.2) is 0 Å². The van der Waals surface area contributed by atoms with Gasteiger partial charge in [0.05, 0.1) is 17.1 Å². The number of alkyl halides is 4. The first-order valence-electron chi connectivity index (χ1n) is 4.79. The highest BCUT2D eigenvalue weighted by atomic mass is 35.5. The van der Waals surface area contributed by atoms with Crippen LogP contribution in [0.3, 0.4) is 0 Å². The molecule has 0 fully saturated rings. The first-order valence-corrected chi connectivity index (χ1v) is 6.20. The molecule has 0 saturated carbocycles. The van der Waals surface area contributed by atoms with Crippen molar-refractivity contribution in [1.29, 1.82) is 0 Å². The highest BCUT2D eigenvalue weighted by Gasteiger charge is 2.34. The Morgan fingerprint density at radius 1 is 1.28 bits per heavy atom.